The molecule has 0 aromatic heterocycles. The van der Waals surface area contributed by atoms with Crippen LogP contribution in [-0.2, 0) is 69.3 Å². The zero-order valence-electron chi connectivity index (χ0n) is 53.4. The molecular weight excluding hydrogens is 1450 g/mol. The third kappa shape index (κ3) is 38.2. The van der Waals surface area contributed by atoms with Crippen molar-refractivity contribution in [3.63, 3.8) is 0 Å². The Balaban J connectivity index is -0.000000185. The maximum Gasteiger partial charge on any atom is 1.00 e. The molecule has 0 radical (unpaired) electrons. The molecule has 2 aromatic carbocycles. The van der Waals surface area contributed by atoms with E-state index in [4.69, 9.17) is 18.5 Å². The first-order valence-electron chi connectivity index (χ1n) is 29.2. The van der Waals surface area contributed by atoms with Gasteiger partial charge >= 0.3 is 110 Å². The molecule has 18 nitrogen and oxygen atoms in total. The molecule has 0 unspecified atom stereocenters. The molecule has 2 aliphatic heterocycles. The number of aryl methyl sites for hydroxylation is 2. The number of carboxylic acid groups (broad SMARTS) is 2. The fourth-order valence-corrected chi connectivity index (χ4v) is 16.2. The smallest absolute Gasteiger partial charge is 0.548 e. The van der Waals surface area contributed by atoms with Crippen molar-refractivity contribution in [2.24, 2.45) is 35.5 Å². The number of unbranched alkanes of at least 4 members (excludes halogenated alkanes) is 2. The normalized spacial score (nSPS) is 19.2. The Hall–Kier alpha value is 0.712. The minimum atomic E-state index is -3.62. The molecule has 0 bridgehead atoms. The van der Waals surface area contributed by atoms with E-state index in [9.17, 15) is 48.1 Å². The first-order chi connectivity index (χ1) is 37.2. The van der Waals surface area contributed by atoms with Crippen molar-refractivity contribution in [2.45, 2.75) is 217 Å². The molecule has 2 saturated carbocycles. The molecule has 2 saturated heterocycles. The number of carbonyl (C=O) groups excluding carboxylic acids is 6. The number of nitrogens with zero attached hydrogens (tertiary/aromatic N) is 2. The van der Waals surface area contributed by atoms with Crippen LogP contribution in [0, 0.1) is 35.5 Å². The van der Waals surface area contributed by atoms with E-state index >= 15 is 0 Å². The summed E-state index contributed by atoms with van der Waals surface area (Å²) >= 11 is 0. The van der Waals surface area contributed by atoms with Gasteiger partial charge in [-0.2, -0.15) is 81.0 Å². The molecule has 28 heteroatoms. The van der Waals surface area contributed by atoms with Crippen molar-refractivity contribution in [3.8, 4) is 0 Å². The van der Waals surface area contributed by atoms with Crippen molar-refractivity contribution < 1.29 is 176 Å². The van der Waals surface area contributed by atoms with Gasteiger partial charge in [0.25, 0.3) is 0 Å². The Morgan fingerprint density at radius 2 is 0.802 bits per heavy atom. The number of likely N-dealkylation sites (tertiary alicyclic amines) is 2. The molecule has 2 aliphatic carbocycles. The molecular formula is C63H118CsN2NaO16P2S6. The number of carbonyl (C=O) groups is 6. The van der Waals surface area contributed by atoms with Crippen molar-refractivity contribution in [1.82, 2.24) is 9.80 Å². The second kappa shape index (κ2) is 57.5. The Bertz CT molecular complexity index is 2200. The van der Waals surface area contributed by atoms with Crippen LogP contribution in [0.3, 0.4) is 0 Å². The van der Waals surface area contributed by atoms with E-state index in [0.29, 0.717) is 50.6 Å². The molecule has 0 spiro atoms. The average molecular weight is 1570 g/mol. The second-order valence-corrected chi connectivity index (χ2v) is 28.2. The summed E-state index contributed by atoms with van der Waals surface area (Å²) in [6, 6.07) is 17.9. The number of hydrogen-bond donors (Lipinski definition) is 0. The van der Waals surface area contributed by atoms with Crippen LogP contribution in [-0.4, -0.2) is 119 Å². The van der Waals surface area contributed by atoms with Crippen LogP contribution in [0.2, 0.25) is 0 Å². The quantitative estimate of drug-likeness (QED) is 0.0372. The first kappa shape index (κ1) is 110. The largest absolute Gasteiger partial charge is 1.00 e. The summed E-state index contributed by atoms with van der Waals surface area (Å²) in [6.07, 6.45) is 13.8. The van der Waals surface area contributed by atoms with Crippen LogP contribution in [0.15, 0.2) is 60.7 Å². The van der Waals surface area contributed by atoms with Crippen LogP contribution in [0.25, 0.3) is 0 Å². The SMILES string of the molecule is C.C.C.CCC(=O)O[C@@H](O[P@](=O)(CCCCc1ccccc1)CC(=O)N1C[C@H](C2CCCCC2)C[C@H]1C(=O)[O-])C(C)C.CCC(=O)O[C@@H](O[P@](=O)(CCCCc1ccccc1)CC(=O)N1C[C@H](C2CCCCC2)C[C@H]1C(=O)[O-])C(C)C.O.O.S.S.S.S.S.S.[Cs+].[Na+]. The molecule has 6 rings (SSSR count). The van der Waals surface area contributed by atoms with E-state index in [1.54, 1.807) is 41.5 Å². The molecule has 91 heavy (non-hydrogen) atoms. The van der Waals surface area contributed by atoms with Gasteiger partial charge in [0, 0.05) is 50.1 Å². The van der Waals surface area contributed by atoms with Gasteiger partial charge < -0.3 is 50.0 Å². The van der Waals surface area contributed by atoms with Gasteiger partial charge in [0.05, 0.1) is 24.0 Å². The first-order valence-corrected chi connectivity index (χ1v) is 33.2. The molecule has 2 heterocycles. The number of carboxylic acids is 2. The number of hydrogen-bond acceptors (Lipinski definition) is 14. The summed E-state index contributed by atoms with van der Waals surface area (Å²) in [7, 11) is -7.23. The monoisotopic (exact) mass is 1570 g/mol. The maximum absolute atomic E-state index is 14.2. The molecule has 2 aromatic rings. The van der Waals surface area contributed by atoms with Crippen molar-refractivity contribution >= 4 is 131 Å². The Morgan fingerprint density at radius 3 is 1.07 bits per heavy atom. The summed E-state index contributed by atoms with van der Waals surface area (Å²) in [4.78, 5) is 77.9. The van der Waals surface area contributed by atoms with E-state index in [0.717, 1.165) is 77.0 Å². The van der Waals surface area contributed by atoms with Crippen LogP contribution < -0.4 is 109 Å². The van der Waals surface area contributed by atoms with Crippen LogP contribution in [0.4, 0.5) is 0 Å². The van der Waals surface area contributed by atoms with Gasteiger partial charge in [0.2, 0.25) is 39.1 Å². The predicted molar refractivity (Wildman–Crippen MR) is 386 cm³/mol. The Morgan fingerprint density at radius 1 is 0.505 bits per heavy atom. The molecule has 4 fully saturated rings. The average Bonchev–Trinajstić information content (AvgIpc) is 4.10. The summed E-state index contributed by atoms with van der Waals surface area (Å²) in [5.41, 5.74) is 2.34. The van der Waals surface area contributed by atoms with Crippen molar-refractivity contribution in [3.05, 3.63) is 71.8 Å². The van der Waals surface area contributed by atoms with E-state index in [2.05, 4.69) is 0 Å². The predicted octanol–water partition coefficient (Wildman–Crippen LogP) is 4.52. The van der Waals surface area contributed by atoms with Crippen LogP contribution in [0.5, 0.6) is 0 Å². The maximum atomic E-state index is 14.2. The molecule has 4 N–H and O–H groups in total. The Labute approximate surface area is 670 Å². The van der Waals surface area contributed by atoms with E-state index in [1.807, 2.05) is 60.7 Å². The number of esters is 2. The van der Waals surface area contributed by atoms with E-state index in [-0.39, 0.29) is 261 Å². The molecule has 4 aliphatic rings. The fraction of sp³-hybridized carbons (Fsp3) is 0.714. The van der Waals surface area contributed by atoms with Crippen LogP contribution >= 0.6 is 95.7 Å². The van der Waals surface area contributed by atoms with Gasteiger partial charge in [-0.05, 0) is 86.2 Å². The summed E-state index contributed by atoms with van der Waals surface area (Å²) < 4.78 is 51.3. The fourth-order valence-electron chi connectivity index (χ4n) is 11.6. The third-order valence-corrected chi connectivity index (χ3v) is 20.8. The number of amides is 2. The number of aliphatic carboxylic acids is 2. The molecule has 524 valence electrons. The van der Waals surface area contributed by atoms with Crippen molar-refractivity contribution in [1.29, 1.82) is 0 Å². The number of rotatable bonds is 28. The minimum Gasteiger partial charge on any atom is -0.548 e. The van der Waals surface area contributed by atoms with Crippen LogP contribution in [0.1, 0.15) is 191 Å². The molecule has 2 amide bonds. The summed E-state index contributed by atoms with van der Waals surface area (Å²) in [5.74, 6) is -3.97. The summed E-state index contributed by atoms with van der Waals surface area (Å²) in [5, 5.41) is 24.0. The molecule has 8 atom stereocenters. The zero-order chi connectivity index (χ0) is 56.8. The van der Waals surface area contributed by atoms with Crippen molar-refractivity contribution in [2.75, 3.05) is 37.7 Å². The second-order valence-electron chi connectivity index (χ2n) is 23.0. The Kier molecular flexibility index (Phi) is 69.7. The van der Waals surface area contributed by atoms with Gasteiger partial charge in [-0.25, -0.2) is 0 Å². The third-order valence-electron chi connectivity index (χ3n) is 16.1. The van der Waals surface area contributed by atoms with E-state index < -0.39 is 87.4 Å². The number of ether oxygens (including phenoxy) is 2. The van der Waals surface area contributed by atoms with Gasteiger partial charge in [0.15, 0.2) is 0 Å². The van der Waals surface area contributed by atoms with E-state index in [1.165, 1.54) is 33.8 Å². The standard InChI is InChI=1S/2C30H46NO7P.3CH4.Cs.Na.2H2O.6H2S/c2*1-4-28(33)37-30(22(2)3)38-39(36,18-12-11-15-23-13-7-5-8-14-23)21-27(32)31-20-25(19-26(31)29(34)35)24-16-9-6-10-17-24;;;;;;;;;;;;;/h2*5,7-8,13-14,22,24-26,30H,4,6,9-12,15-21H2,1-3H3,(H,34,35);3*1H4;;;8*1H2/q;;;;;2*+1;;;;;;;;/p-2/t2*25-,26+,30+,39-;;;;;;;;;;;;;/m11............./s1. The van der Waals surface area contributed by atoms with Gasteiger partial charge in [-0.15, -0.1) is 0 Å². The van der Waals surface area contributed by atoms with Gasteiger partial charge in [-0.3, -0.25) is 37.4 Å². The van der Waals surface area contributed by atoms with Gasteiger partial charge in [0.1, 0.15) is 12.3 Å². The zero-order valence-corrected chi connectivity index (χ0v) is 69.5. The number of benzene rings is 2. The van der Waals surface area contributed by atoms with Gasteiger partial charge in [-0.1, -0.05) is 189 Å². The summed E-state index contributed by atoms with van der Waals surface area (Å²) in [6.45, 7) is 11.2. The topological polar surface area (TPSA) is 289 Å². The minimum absolute atomic E-state index is 0.